The van der Waals surface area contributed by atoms with Crippen molar-refractivity contribution in [1.82, 2.24) is 4.90 Å². The van der Waals surface area contributed by atoms with Crippen LogP contribution in [0.25, 0.3) is 6.08 Å². The van der Waals surface area contributed by atoms with Crippen molar-refractivity contribution in [3.05, 3.63) is 41.0 Å². The summed E-state index contributed by atoms with van der Waals surface area (Å²) in [5.41, 5.74) is 2.33. The zero-order valence-corrected chi connectivity index (χ0v) is 15.2. The highest BCUT2D eigenvalue weighted by molar-refractivity contribution is 6.01. The van der Waals surface area contributed by atoms with E-state index in [0.717, 1.165) is 5.56 Å². The first-order valence-corrected chi connectivity index (χ1v) is 8.38. The molecule has 0 aromatic heterocycles. The van der Waals surface area contributed by atoms with E-state index < -0.39 is 0 Å². The van der Waals surface area contributed by atoms with Gasteiger partial charge in [-0.25, -0.2) is 0 Å². The highest BCUT2D eigenvalue weighted by atomic mass is 16.5. The number of rotatable bonds is 2. The number of nitrogens with zero attached hydrogens (tertiary/aromatic N) is 2. The van der Waals surface area contributed by atoms with Gasteiger partial charge < -0.3 is 9.64 Å². The van der Waals surface area contributed by atoms with Crippen LogP contribution in [0.2, 0.25) is 0 Å². The van der Waals surface area contributed by atoms with Gasteiger partial charge in [-0.3, -0.25) is 4.79 Å². The van der Waals surface area contributed by atoms with Crippen LogP contribution in [0.4, 0.5) is 0 Å². The van der Waals surface area contributed by atoms with Crippen LogP contribution >= 0.6 is 0 Å². The van der Waals surface area contributed by atoms with E-state index in [1.807, 2.05) is 38.1 Å². The molecule has 24 heavy (non-hydrogen) atoms. The molecule has 1 saturated heterocycles. The van der Waals surface area contributed by atoms with Crippen molar-refractivity contribution in [2.24, 2.45) is 0 Å². The quantitative estimate of drug-likeness (QED) is 0.617. The van der Waals surface area contributed by atoms with Gasteiger partial charge in [-0.2, -0.15) is 5.26 Å². The Morgan fingerprint density at radius 2 is 1.75 bits per heavy atom. The Hall–Kier alpha value is -2.12. The highest BCUT2D eigenvalue weighted by Crippen LogP contribution is 2.23. The van der Waals surface area contributed by atoms with Crippen LogP contribution in [0.1, 0.15) is 45.7 Å². The fourth-order valence-corrected chi connectivity index (χ4v) is 2.90. The molecule has 0 radical (unpaired) electrons. The Morgan fingerprint density at radius 1 is 1.21 bits per heavy atom. The van der Waals surface area contributed by atoms with Gasteiger partial charge >= 0.3 is 0 Å². The molecule has 0 aliphatic carbocycles. The minimum atomic E-state index is -0.223. The summed E-state index contributed by atoms with van der Waals surface area (Å²) in [5.74, 6) is -0.223. The third-order valence-corrected chi connectivity index (χ3v) is 4.15. The molecule has 0 spiro atoms. The largest absolute Gasteiger partial charge is 0.372 e. The summed E-state index contributed by atoms with van der Waals surface area (Å²) < 4.78 is 5.65. The summed E-state index contributed by atoms with van der Waals surface area (Å²) in [5, 5.41) is 9.41. The number of carbonyl (C=O) groups excluding carboxylic acids is 1. The van der Waals surface area contributed by atoms with Crippen molar-refractivity contribution in [1.29, 1.82) is 5.26 Å². The molecule has 1 aromatic rings. The van der Waals surface area contributed by atoms with Crippen molar-refractivity contribution in [3.8, 4) is 6.07 Å². The molecular weight excluding hydrogens is 300 g/mol. The van der Waals surface area contributed by atoms with Crippen LogP contribution in [0.3, 0.4) is 0 Å². The van der Waals surface area contributed by atoms with Crippen molar-refractivity contribution in [2.45, 2.75) is 52.2 Å². The summed E-state index contributed by atoms with van der Waals surface area (Å²) in [6, 6.07) is 10.1. The molecule has 1 aliphatic rings. The molecule has 0 saturated carbocycles. The maximum absolute atomic E-state index is 12.6. The smallest absolute Gasteiger partial charge is 0.264 e. The number of nitriles is 1. The molecule has 1 fully saturated rings. The van der Waals surface area contributed by atoms with Gasteiger partial charge in [0.1, 0.15) is 11.6 Å². The second kappa shape index (κ2) is 7.19. The predicted octanol–water partition coefficient (Wildman–Crippen LogP) is 3.53. The molecule has 0 unspecified atom stereocenters. The van der Waals surface area contributed by atoms with Gasteiger partial charge in [0.2, 0.25) is 0 Å². The van der Waals surface area contributed by atoms with E-state index in [0.29, 0.717) is 13.1 Å². The van der Waals surface area contributed by atoms with Gasteiger partial charge in [0.25, 0.3) is 5.91 Å². The van der Waals surface area contributed by atoms with E-state index in [9.17, 15) is 10.1 Å². The number of benzene rings is 1. The molecule has 4 nitrogen and oxygen atoms in total. The Labute approximate surface area is 144 Å². The summed E-state index contributed by atoms with van der Waals surface area (Å²) in [6.07, 6.45) is 1.65. The van der Waals surface area contributed by atoms with E-state index in [1.165, 1.54) is 5.56 Å². The van der Waals surface area contributed by atoms with Gasteiger partial charge in [-0.1, -0.05) is 45.0 Å². The van der Waals surface area contributed by atoms with Gasteiger partial charge in [0, 0.05) is 13.1 Å². The number of ether oxygens (including phenoxy) is 1. The van der Waals surface area contributed by atoms with Crippen molar-refractivity contribution in [2.75, 3.05) is 13.1 Å². The third kappa shape index (κ3) is 4.46. The average Bonchev–Trinajstić information content (AvgIpc) is 2.50. The lowest BCUT2D eigenvalue weighted by Gasteiger charge is -2.35. The lowest BCUT2D eigenvalue weighted by Crippen LogP contribution is -2.48. The minimum absolute atomic E-state index is 0.0105. The second-order valence-electron chi connectivity index (χ2n) is 7.51. The lowest BCUT2D eigenvalue weighted by molar-refractivity contribution is -0.138. The van der Waals surface area contributed by atoms with Crippen LogP contribution in [0, 0.1) is 11.3 Å². The fraction of sp³-hybridized carbons (Fsp3) is 0.500. The van der Waals surface area contributed by atoms with E-state index in [-0.39, 0.29) is 29.1 Å². The van der Waals surface area contributed by atoms with Crippen LogP contribution in [-0.2, 0) is 14.9 Å². The highest BCUT2D eigenvalue weighted by Gasteiger charge is 2.27. The Kier molecular flexibility index (Phi) is 5.46. The first kappa shape index (κ1) is 18.2. The van der Waals surface area contributed by atoms with Gasteiger partial charge in [-0.15, -0.1) is 0 Å². The van der Waals surface area contributed by atoms with E-state index in [1.54, 1.807) is 11.0 Å². The van der Waals surface area contributed by atoms with Crippen LogP contribution < -0.4 is 0 Å². The van der Waals surface area contributed by atoms with Gasteiger partial charge in [0.05, 0.1) is 12.2 Å². The molecule has 1 aromatic carbocycles. The number of morpholine rings is 1. The first-order chi connectivity index (χ1) is 11.2. The van der Waals surface area contributed by atoms with Crippen LogP contribution in [0.15, 0.2) is 29.8 Å². The van der Waals surface area contributed by atoms with Crippen LogP contribution in [-0.4, -0.2) is 36.1 Å². The number of carbonyl (C=O) groups is 1. The standard InChI is InChI=1S/C20H26N2O2/c1-14-12-22(13-15(2)24-14)19(23)17(11-21)10-16-6-8-18(9-7-16)20(3,4)5/h6-10,14-15H,12-13H2,1-5H3/b17-10+/t14-,15-/m0/s1. The van der Waals surface area contributed by atoms with E-state index >= 15 is 0 Å². The summed E-state index contributed by atoms with van der Waals surface area (Å²) in [4.78, 5) is 14.3. The molecule has 2 atom stereocenters. The number of hydrogen-bond acceptors (Lipinski definition) is 3. The minimum Gasteiger partial charge on any atom is -0.372 e. The van der Waals surface area contributed by atoms with Crippen molar-refractivity contribution < 1.29 is 9.53 Å². The molecule has 0 N–H and O–H groups in total. The Balaban J connectivity index is 2.20. The number of amides is 1. The Morgan fingerprint density at radius 3 is 2.21 bits per heavy atom. The molecular formula is C20H26N2O2. The summed E-state index contributed by atoms with van der Waals surface area (Å²) in [6.45, 7) is 11.4. The number of hydrogen-bond donors (Lipinski definition) is 0. The normalized spacial score (nSPS) is 22.2. The molecule has 1 amide bonds. The first-order valence-electron chi connectivity index (χ1n) is 8.38. The van der Waals surface area contributed by atoms with Crippen molar-refractivity contribution in [3.63, 3.8) is 0 Å². The monoisotopic (exact) mass is 326 g/mol. The second-order valence-corrected chi connectivity index (χ2v) is 7.51. The maximum Gasteiger partial charge on any atom is 0.264 e. The lowest BCUT2D eigenvalue weighted by atomic mass is 9.86. The molecule has 4 heteroatoms. The average molecular weight is 326 g/mol. The van der Waals surface area contributed by atoms with Gasteiger partial charge in [0.15, 0.2) is 0 Å². The Bertz CT molecular complexity index is 652. The molecule has 0 bridgehead atoms. The molecule has 1 heterocycles. The predicted molar refractivity (Wildman–Crippen MR) is 95.3 cm³/mol. The summed E-state index contributed by atoms with van der Waals surface area (Å²) >= 11 is 0. The maximum atomic E-state index is 12.6. The zero-order chi connectivity index (χ0) is 17.9. The topological polar surface area (TPSA) is 53.3 Å². The molecule has 2 rings (SSSR count). The van der Waals surface area contributed by atoms with Crippen molar-refractivity contribution >= 4 is 12.0 Å². The molecule has 1 aliphatic heterocycles. The van der Waals surface area contributed by atoms with E-state index in [2.05, 4.69) is 26.8 Å². The summed E-state index contributed by atoms with van der Waals surface area (Å²) in [7, 11) is 0. The van der Waals surface area contributed by atoms with Crippen LogP contribution in [0.5, 0.6) is 0 Å². The third-order valence-electron chi connectivity index (χ3n) is 4.15. The van der Waals surface area contributed by atoms with E-state index in [4.69, 9.17) is 4.74 Å². The SMILES string of the molecule is C[C@H]1CN(C(=O)/C(C#N)=C/c2ccc(C(C)(C)C)cc2)C[C@H](C)O1. The van der Waals surface area contributed by atoms with Gasteiger partial charge in [-0.05, 0) is 36.5 Å². The molecule has 128 valence electrons. The zero-order valence-electron chi connectivity index (χ0n) is 15.2. The fourth-order valence-electron chi connectivity index (χ4n) is 2.90.